The topological polar surface area (TPSA) is 71.2 Å². The molecule has 0 spiro atoms. The summed E-state index contributed by atoms with van der Waals surface area (Å²) in [5, 5.41) is 18.7. The van der Waals surface area contributed by atoms with E-state index in [1.807, 2.05) is 17.0 Å². The lowest BCUT2D eigenvalue weighted by atomic mass is 9.87. The van der Waals surface area contributed by atoms with E-state index in [0.717, 1.165) is 24.8 Å². The second-order valence-corrected chi connectivity index (χ2v) is 7.55. The first kappa shape index (κ1) is 16.3. The number of aryl methyl sites for hydroxylation is 1. The van der Waals surface area contributed by atoms with Gasteiger partial charge in [-0.1, -0.05) is 29.5 Å². The van der Waals surface area contributed by atoms with E-state index in [2.05, 4.69) is 29.4 Å². The zero-order valence-electron chi connectivity index (χ0n) is 14.6. The van der Waals surface area contributed by atoms with Crippen molar-refractivity contribution in [3.63, 3.8) is 0 Å². The summed E-state index contributed by atoms with van der Waals surface area (Å²) in [6.45, 7) is 3.51. The van der Waals surface area contributed by atoms with Gasteiger partial charge in [-0.3, -0.25) is 4.79 Å². The minimum absolute atomic E-state index is 0.165. The number of hydrogen-bond donors (Lipinski definition) is 1. The summed E-state index contributed by atoms with van der Waals surface area (Å²) in [7, 11) is 0. The highest BCUT2D eigenvalue weighted by Crippen LogP contribution is 2.51. The van der Waals surface area contributed by atoms with Crippen molar-refractivity contribution in [3.05, 3.63) is 47.8 Å². The number of aliphatic hydroxyl groups is 1. The first-order chi connectivity index (χ1) is 12.0. The van der Waals surface area contributed by atoms with Crippen molar-refractivity contribution in [3.8, 4) is 0 Å². The molecule has 2 heterocycles. The Morgan fingerprint density at radius 1 is 1.28 bits per heavy atom. The normalized spacial score (nSPS) is 25.0. The lowest BCUT2D eigenvalue weighted by molar-refractivity contribution is -0.142. The van der Waals surface area contributed by atoms with E-state index in [1.165, 1.54) is 5.56 Å². The summed E-state index contributed by atoms with van der Waals surface area (Å²) < 4.78 is 1.64. The van der Waals surface area contributed by atoms with Crippen molar-refractivity contribution in [1.29, 1.82) is 0 Å². The van der Waals surface area contributed by atoms with Crippen LogP contribution in [0.1, 0.15) is 36.8 Å². The van der Waals surface area contributed by atoms with E-state index in [1.54, 1.807) is 17.1 Å². The van der Waals surface area contributed by atoms with E-state index in [0.29, 0.717) is 26.1 Å². The van der Waals surface area contributed by atoms with Gasteiger partial charge in [-0.2, -0.15) is 0 Å². The Kier molecular flexibility index (Phi) is 3.87. The number of nitrogens with zero attached hydrogens (tertiary/aromatic N) is 4. The SMILES string of the molecule is Cc1ccccc1C1(C(=O)N2CCCC(O)(Cn3ccnn3)C2)CC1. The lowest BCUT2D eigenvalue weighted by Crippen LogP contribution is -2.54. The first-order valence-electron chi connectivity index (χ1n) is 8.94. The van der Waals surface area contributed by atoms with E-state index in [-0.39, 0.29) is 11.3 Å². The third-order valence-corrected chi connectivity index (χ3v) is 5.59. The summed E-state index contributed by atoms with van der Waals surface area (Å²) >= 11 is 0. The monoisotopic (exact) mass is 340 g/mol. The summed E-state index contributed by atoms with van der Waals surface area (Å²) in [5.74, 6) is 0.165. The molecule has 2 fully saturated rings. The van der Waals surface area contributed by atoms with Crippen LogP contribution in [0.5, 0.6) is 0 Å². The Morgan fingerprint density at radius 2 is 2.08 bits per heavy atom. The highest BCUT2D eigenvalue weighted by Gasteiger charge is 2.54. The van der Waals surface area contributed by atoms with Gasteiger partial charge in [-0.05, 0) is 43.7 Å². The van der Waals surface area contributed by atoms with Gasteiger partial charge < -0.3 is 10.0 Å². The van der Waals surface area contributed by atoms with Crippen LogP contribution in [0.25, 0.3) is 0 Å². The number of carbonyl (C=O) groups is 1. The number of benzene rings is 1. The van der Waals surface area contributed by atoms with Crippen LogP contribution in [0.15, 0.2) is 36.7 Å². The van der Waals surface area contributed by atoms with Gasteiger partial charge in [0.1, 0.15) is 5.60 Å². The second-order valence-electron chi connectivity index (χ2n) is 7.55. The van der Waals surface area contributed by atoms with Crippen LogP contribution >= 0.6 is 0 Å². The largest absolute Gasteiger partial charge is 0.386 e. The lowest BCUT2D eigenvalue weighted by Gasteiger charge is -2.40. The Balaban J connectivity index is 1.53. The molecule has 1 saturated carbocycles. The van der Waals surface area contributed by atoms with Crippen molar-refractivity contribution < 1.29 is 9.90 Å². The molecular weight excluding hydrogens is 316 g/mol. The van der Waals surface area contributed by atoms with E-state index in [4.69, 9.17) is 0 Å². The molecule has 132 valence electrons. The smallest absolute Gasteiger partial charge is 0.233 e. The maximum atomic E-state index is 13.3. The first-order valence-corrected chi connectivity index (χ1v) is 8.94. The molecule has 6 heteroatoms. The van der Waals surface area contributed by atoms with Crippen LogP contribution in [0.3, 0.4) is 0 Å². The number of likely N-dealkylation sites (tertiary alicyclic amines) is 1. The summed E-state index contributed by atoms with van der Waals surface area (Å²) in [6.07, 6.45) is 6.62. The summed E-state index contributed by atoms with van der Waals surface area (Å²) in [5.41, 5.74) is 0.994. The Morgan fingerprint density at radius 3 is 2.76 bits per heavy atom. The number of aromatic nitrogens is 3. The molecule has 1 saturated heterocycles. The number of hydrogen-bond acceptors (Lipinski definition) is 4. The van der Waals surface area contributed by atoms with Gasteiger partial charge in [0.05, 0.1) is 24.7 Å². The van der Waals surface area contributed by atoms with Gasteiger partial charge in [-0.15, -0.1) is 5.10 Å². The summed E-state index contributed by atoms with van der Waals surface area (Å²) in [6, 6.07) is 8.16. The second kappa shape index (κ2) is 5.95. The van der Waals surface area contributed by atoms with Crippen molar-refractivity contribution in [1.82, 2.24) is 19.9 Å². The van der Waals surface area contributed by atoms with Crippen LogP contribution in [-0.2, 0) is 16.8 Å². The standard InChI is InChI=1S/C19H24N4O2/c1-15-5-2-3-6-16(15)19(8-9-19)17(24)22-11-4-7-18(25,13-22)14-23-12-10-20-21-23/h2-3,5-6,10,12,25H,4,7-9,11,13-14H2,1H3. The van der Waals surface area contributed by atoms with Gasteiger partial charge in [-0.25, -0.2) is 4.68 Å². The molecule has 2 aromatic rings. The fourth-order valence-corrected chi connectivity index (χ4v) is 4.17. The quantitative estimate of drug-likeness (QED) is 0.919. The molecule has 4 rings (SSSR count). The Hall–Kier alpha value is -2.21. The zero-order valence-corrected chi connectivity index (χ0v) is 14.6. The summed E-state index contributed by atoms with van der Waals surface area (Å²) in [4.78, 5) is 15.2. The maximum Gasteiger partial charge on any atom is 0.233 e. The van der Waals surface area contributed by atoms with Crippen molar-refractivity contribution in [2.45, 2.75) is 50.2 Å². The van der Waals surface area contributed by atoms with Crippen molar-refractivity contribution >= 4 is 5.91 Å². The minimum Gasteiger partial charge on any atom is -0.386 e. The highest BCUT2D eigenvalue weighted by molar-refractivity contribution is 5.91. The molecule has 25 heavy (non-hydrogen) atoms. The van der Waals surface area contributed by atoms with E-state index in [9.17, 15) is 9.90 Å². The van der Waals surface area contributed by atoms with Crippen LogP contribution in [0, 0.1) is 6.92 Å². The fourth-order valence-electron chi connectivity index (χ4n) is 4.17. The fraction of sp³-hybridized carbons (Fsp3) is 0.526. The molecule has 1 aromatic heterocycles. The van der Waals surface area contributed by atoms with Crippen LogP contribution in [-0.4, -0.2) is 49.6 Å². The van der Waals surface area contributed by atoms with Gasteiger partial charge in [0.2, 0.25) is 5.91 Å². The van der Waals surface area contributed by atoms with Crippen LogP contribution in [0.2, 0.25) is 0 Å². The third kappa shape index (κ3) is 2.95. The molecule has 6 nitrogen and oxygen atoms in total. The molecule has 1 aliphatic heterocycles. The number of carbonyl (C=O) groups excluding carboxylic acids is 1. The number of rotatable bonds is 4. The van der Waals surface area contributed by atoms with Crippen LogP contribution in [0.4, 0.5) is 0 Å². The third-order valence-electron chi connectivity index (χ3n) is 5.59. The predicted octanol–water partition coefficient (Wildman–Crippen LogP) is 1.67. The molecule has 1 amide bonds. The molecule has 1 N–H and O–H groups in total. The molecule has 0 radical (unpaired) electrons. The Labute approximate surface area is 147 Å². The Bertz CT molecular complexity index is 769. The predicted molar refractivity (Wildman–Crippen MR) is 92.9 cm³/mol. The molecule has 1 unspecified atom stereocenters. The van der Waals surface area contributed by atoms with Gasteiger partial charge >= 0.3 is 0 Å². The van der Waals surface area contributed by atoms with Gasteiger partial charge in [0.15, 0.2) is 0 Å². The molecular formula is C19H24N4O2. The molecule has 1 aliphatic carbocycles. The maximum absolute atomic E-state index is 13.3. The zero-order chi connectivity index (χ0) is 17.5. The number of piperidine rings is 1. The van der Waals surface area contributed by atoms with E-state index < -0.39 is 5.60 Å². The molecule has 2 aliphatic rings. The van der Waals surface area contributed by atoms with Crippen LogP contribution < -0.4 is 0 Å². The van der Waals surface area contributed by atoms with Crippen molar-refractivity contribution in [2.75, 3.05) is 13.1 Å². The molecule has 1 aromatic carbocycles. The molecule has 1 atom stereocenters. The van der Waals surface area contributed by atoms with Gasteiger partial charge in [0, 0.05) is 12.7 Å². The van der Waals surface area contributed by atoms with Crippen molar-refractivity contribution in [2.24, 2.45) is 0 Å². The minimum atomic E-state index is -0.941. The highest BCUT2D eigenvalue weighted by atomic mass is 16.3. The number of β-amino-alcohol motifs (C(OH)–C–C–N with tert-alkyl or cyclic N) is 1. The molecule has 0 bridgehead atoms. The van der Waals surface area contributed by atoms with Gasteiger partial charge in [0.25, 0.3) is 0 Å². The number of amides is 1. The average molecular weight is 340 g/mol. The average Bonchev–Trinajstić information content (AvgIpc) is 3.25. The van der Waals surface area contributed by atoms with E-state index >= 15 is 0 Å².